The largest absolute Gasteiger partial charge is 0.362 e. The van der Waals surface area contributed by atoms with Gasteiger partial charge in [-0.2, -0.15) is 4.98 Å². The molecule has 1 atom stereocenters. The van der Waals surface area contributed by atoms with Crippen LogP contribution < -0.4 is 5.32 Å². The van der Waals surface area contributed by atoms with Gasteiger partial charge in [0, 0.05) is 11.1 Å². The van der Waals surface area contributed by atoms with E-state index >= 15 is 0 Å². The lowest BCUT2D eigenvalue weighted by molar-refractivity contribution is 0.432. The molecule has 0 saturated heterocycles. The van der Waals surface area contributed by atoms with Crippen LogP contribution in [0.25, 0.3) is 22.2 Å². The zero-order valence-corrected chi connectivity index (χ0v) is 15.0. The minimum Gasteiger partial charge on any atom is -0.362 e. The molecule has 0 spiro atoms. The molecule has 0 amide bonds. The first kappa shape index (κ1) is 15.9. The summed E-state index contributed by atoms with van der Waals surface area (Å²) < 4.78 is 5.45. The maximum Gasteiger partial charge on any atom is 0.263 e. The van der Waals surface area contributed by atoms with Crippen LogP contribution in [0.2, 0.25) is 0 Å². The van der Waals surface area contributed by atoms with Gasteiger partial charge < -0.3 is 9.84 Å². The second kappa shape index (κ2) is 7.12. The molecular weight excluding hydrogens is 354 g/mol. The van der Waals surface area contributed by atoms with E-state index in [9.17, 15) is 0 Å². The first-order valence-electron chi connectivity index (χ1n) is 7.83. The SMILES string of the molecule is CC[C@@H](Nc1ncncc1-c1nc(-c2cccs2)no1)c1cccs1. The Hall–Kier alpha value is -2.58. The number of hydrogen-bond acceptors (Lipinski definition) is 8. The molecule has 1 N–H and O–H groups in total. The highest BCUT2D eigenvalue weighted by atomic mass is 32.1. The number of anilines is 1. The van der Waals surface area contributed by atoms with Gasteiger partial charge in [-0.1, -0.05) is 24.2 Å². The van der Waals surface area contributed by atoms with E-state index in [1.165, 1.54) is 11.2 Å². The van der Waals surface area contributed by atoms with Gasteiger partial charge in [0.2, 0.25) is 5.82 Å². The highest BCUT2D eigenvalue weighted by Crippen LogP contribution is 2.31. The summed E-state index contributed by atoms with van der Waals surface area (Å²) in [5.74, 6) is 1.68. The number of nitrogens with zero attached hydrogens (tertiary/aromatic N) is 4. The molecule has 126 valence electrons. The number of hydrogen-bond donors (Lipinski definition) is 1. The van der Waals surface area contributed by atoms with E-state index in [0.29, 0.717) is 23.1 Å². The van der Waals surface area contributed by atoms with Gasteiger partial charge in [-0.25, -0.2) is 9.97 Å². The third kappa shape index (κ3) is 3.31. The van der Waals surface area contributed by atoms with Crippen LogP contribution in [0, 0.1) is 0 Å². The summed E-state index contributed by atoms with van der Waals surface area (Å²) in [5, 5.41) is 11.6. The van der Waals surface area contributed by atoms with Gasteiger partial charge in [0.15, 0.2) is 0 Å². The Balaban J connectivity index is 1.65. The lowest BCUT2D eigenvalue weighted by atomic mass is 10.2. The fraction of sp³-hybridized carbons (Fsp3) is 0.176. The first-order valence-corrected chi connectivity index (χ1v) is 9.59. The van der Waals surface area contributed by atoms with Crippen LogP contribution in [-0.4, -0.2) is 20.1 Å². The maximum atomic E-state index is 5.45. The summed E-state index contributed by atoms with van der Waals surface area (Å²) in [6, 6.07) is 8.27. The van der Waals surface area contributed by atoms with Gasteiger partial charge in [0.25, 0.3) is 5.89 Å². The second-order valence-electron chi connectivity index (χ2n) is 5.31. The van der Waals surface area contributed by atoms with Gasteiger partial charge in [-0.05, 0) is 29.3 Å². The highest BCUT2D eigenvalue weighted by molar-refractivity contribution is 7.13. The molecule has 6 nitrogen and oxygen atoms in total. The van der Waals surface area contributed by atoms with E-state index in [4.69, 9.17) is 4.52 Å². The molecule has 4 aromatic rings. The van der Waals surface area contributed by atoms with E-state index in [0.717, 1.165) is 11.3 Å². The Kier molecular flexibility index (Phi) is 4.53. The van der Waals surface area contributed by atoms with Gasteiger partial charge >= 0.3 is 0 Å². The number of rotatable bonds is 6. The van der Waals surface area contributed by atoms with Crippen LogP contribution in [0.15, 0.2) is 52.1 Å². The van der Waals surface area contributed by atoms with Crippen LogP contribution >= 0.6 is 22.7 Å². The Bertz CT molecular complexity index is 934. The minimum atomic E-state index is 0.174. The Morgan fingerprint density at radius 2 is 2.08 bits per heavy atom. The molecule has 0 unspecified atom stereocenters. The van der Waals surface area contributed by atoms with Crippen molar-refractivity contribution in [3.8, 4) is 22.2 Å². The maximum absolute atomic E-state index is 5.45. The molecular formula is C17H15N5OS2. The lowest BCUT2D eigenvalue weighted by Gasteiger charge is -2.17. The highest BCUT2D eigenvalue weighted by Gasteiger charge is 2.19. The van der Waals surface area contributed by atoms with Crippen molar-refractivity contribution in [3.63, 3.8) is 0 Å². The van der Waals surface area contributed by atoms with Crippen LogP contribution in [0.5, 0.6) is 0 Å². The van der Waals surface area contributed by atoms with Gasteiger partial charge in [-0.15, -0.1) is 22.7 Å². The van der Waals surface area contributed by atoms with Gasteiger partial charge in [-0.3, -0.25) is 0 Å². The van der Waals surface area contributed by atoms with Crippen molar-refractivity contribution in [3.05, 3.63) is 52.4 Å². The molecule has 25 heavy (non-hydrogen) atoms. The predicted octanol–water partition coefficient (Wildman–Crippen LogP) is 4.88. The molecule has 0 saturated carbocycles. The van der Waals surface area contributed by atoms with E-state index in [1.807, 2.05) is 17.5 Å². The van der Waals surface area contributed by atoms with E-state index in [1.54, 1.807) is 28.9 Å². The van der Waals surface area contributed by atoms with E-state index in [2.05, 4.69) is 49.9 Å². The third-order valence-electron chi connectivity index (χ3n) is 3.72. The topological polar surface area (TPSA) is 76.7 Å². The first-order chi connectivity index (χ1) is 12.3. The molecule has 4 heterocycles. The Morgan fingerprint density at radius 3 is 2.84 bits per heavy atom. The molecule has 0 aliphatic rings. The summed E-state index contributed by atoms with van der Waals surface area (Å²) in [5.41, 5.74) is 0.702. The normalized spacial score (nSPS) is 12.2. The summed E-state index contributed by atoms with van der Waals surface area (Å²) in [6.07, 6.45) is 4.15. The van der Waals surface area contributed by atoms with Crippen molar-refractivity contribution < 1.29 is 4.52 Å². The third-order valence-corrected chi connectivity index (χ3v) is 5.57. The monoisotopic (exact) mass is 369 g/mol. The van der Waals surface area contributed by atoms with E-state index < -0.39 is 0 Å². The van der Waals surface area contributed by atoms with Crippen molar-refractivity contribution in [1.29, 1.82) is 0 Å². The fourth-order valence-corrected chi connectivity index (χ4v) is 3.98. The zero-order valence-electron chi connectivity index (χ0n) is 13.4. The van der Waals surface area contributed by atoms with Crippen molar-refractivity contribution in [2.45, 2.75) is 19.4 Å². The van der Waals surface area contributed by atoms with E-state index in [-0.39, 0.29) is 6.04 Å². The summed E-state index contributed by atoms with van der Waals surface area (Å²) in [6.45, 7) is 2.14. The van der Waals surface area contributed by atoms with Crippen molar-refractivity contribution >= 4 is 28.5 Å². The quantitative estimate of drug-likeness (QED) is 0.522. The smallest absolute Gasteiger partial charge is 0.263 e. The summed E-state index contributed by atoms with van der Waals surface area (Å²) >= 11 is 3.29. The number of thiophene rings is 2. The van der Waals surface area contributed by atoms with Crippen molar-refractivity contribution in [2.75, 3.05) is 5.32 Å². The average molecular weight is 369 g/mol. The molecule has 4 rings (SSSR count). The zero-order chi connectivity index (χ0) is 17.1. The molecule has 0 aliphatic carbocycles. The molecule has 0 bridgehead atoms. The van der Waals surface area contributed by atoms with Gasteiger partial charge in [0.1, 0.15) is 17.7 Å². The minimum absolute atomic E-state index is 0.174. The van der Waals surface area contributed by atoms with Crippen LogP contribution in [0.3, 0.4) is 0 Å². The average Bonchev–Trinajstić information content (AvgIpc) is 3.42. The summed E-state index contributed by atoms with van der Waals surface area (Å²) in [7, 11) is 0. The van der Waals surface area contributed by atoms with Gasteiger partial charge in [0.05, 0.1) is 10.9 Å². The van der Waals surface area contributed by atoms with Crippen LogP contribution in [-0.2, 0) is 0 Å². The summed E-state index contributed by atoms with van der Waals surface area (Å²) in [4.78, 5) is 15.2. The molecule has 0 aliphatic heterocycles. The fourth-order valence-electron chi connectivity index (χ4n) is 2.47. The Labute approximate surface area is 152 Å². The molecule has 8 heteroatoms. The Morgan fingerprint density at radius 1 is 1.20 bits per heavy atom. The predicted molar refractivity (Wildman–Crippen MR) is 99.6 cm³/mol. The van der Waals surface area contributed by atoms with Crippen LogP contribution in [0.4, 0.5) is 5.82 Å². The van der Waals surface area contributed by atoms with Crippen molar-refractivity contribution in [1.82, 2.24) is 20.1 Å². The lowest BCUT2D eigenvalue weighted by Crippen LogP contribution is -2.10. The number of nitrogens with one attached hydrogen (secondary N) is 1. The van der Waals surface area contributed by atoms with Crippen molar-refractivity contribution in [2.24, 2.45) is 0 Å². The molecule has 0 aromatic carbocycles. The standard InChI is InChI=1S/C17H15N5OS2/c1-2-12(13-5-3-7-24-13)20-15-11(9-18-10-19-15)17-21-16(22-23-17)14-6-4-8-25-14/h3-10,12H,2H2,1H3,(H,18,19,20)/t12-/m1/s1. The van der Waals surface area contributed by atoms with Crippen LogP contribution in [0.1, 0.15) is 24.3 Å². The number of aromatic nitrogens is 4. The molecule has 4 aromatic heterocycles. The second-order valence-corrected chi connectivity index (χ2v) is 7.23. The molecule has 0 radical (unpaired) electrons. The molecule has 0 fully saturated rings.